The summed E-state index contributed by atoms with van der Waals surface area (Å²) in [5.74, 6) is 0.487. The molecule has 0 spiro atoms. The first-order valence-electron chi connectivity index (χ1n) is 8.66. The van der Waals surface area contributed by atoms with E-state index in [1.54, 1.807) is 12.1 Å². The van der Waals surface area contributed by atoms with Gasteiger partial charge < -0.3 is 20.3 Å². The summed E-state index contributed by atoms with van der Waals surface area (Å²) in [6.45, 7) is 4.66. The summed E-state index contributed by atoms with van der Waals surface area (Å²) in [5, 5.41) is 6.11. The standard InChI is InChI=1S/C18H24ClN3O3/c1-11(23)20-16-9-17(25-2)13(8-14(16)19)18(24)21-15-5-7-22-6-3-4-12(15)10-22/h8-9,12,15H,3-7,10H2,1-2H3,(H,20,23)(H,21,24)/t12-,15-/m1/s1. The van der Waals surface area contributed by atoms with Gasteiger partial charge in [0, 0.05) is 32.1 Å². The van der Waals surface area contributed by atoms with E-state index in [-0.39, 0.29) is 17.9 Å². The lowest BCUT2D eigenvalue weighted by Crippen LogP contribution is -2.53. The van der Waals surface area contributed by atoms with Crippen LogP contribution in [0, 0.1) is 5.92 Å². The Hall–Kier alpha value is -1.79. The molecule has 2 amide bonds. The van der Waals surface area contributed by atoms with E-state index in [9.17, 15) is 9.59 Å². The van der Waals surface area contributed by atoms with E-state index in [1.807, 2.05) is 0 Å². The number of rotatable bonds is 4. The molecule has 2 bridgehead atoms. The highest BCUT2D eigenvalue weighted by atomic mass is 35.5. The Labute approximate surface area is 152 Å². The van der Waals surface area contributed by atoms with Crippen LogP contribution in [0.25, 0.3) is 0 Å². The molecule has 2 N–H and O–H groups in total. The van der Waals surface area contributed by atoms with Crippen LogP contribution in [0.4, 0.5) is 5.69 Å². The molecule has 1 aromatic carbocycles. The van der Waals surface area contributed by atoms with Gasteiger partial charge in [-0.25, -0.2) is 0 Å². The fourth-order valence-electron chi connectivity index (χ4n) is 3.80. The largest absolute Gasteiger partial charge is 0.496 e. The smallest absolute Gasteiger partial charge is 0.255 e. The van der Waals surface area contributed by atoms with E-state index in [4.69, 9.17) is 16.3 Å². The molecular formula is C18H24ClN3O3. The van der Waals surface area contributed by atoms with Gasteiger partial charge in [-0.15, -0.1) is 0 Å². The number of halogens is 1. The number of amides is 2. The molecule has 2 aliphatic heterocycles. The zero-order chi connectivity index (χ0) is 18.0. The minimum atomic E-state index is -0.231. The number of piperidine rings is 2. The van der Waals surface area contributed by atoms with Crippen molar-refractivity contribution in [3.63, 3.8) is 0 Å². The number of nitrogens with zero attached hydrogens (tertiary/aromatic N) is 1. The molecule has 3 rings (SSSR count). The molecule has 1 aromatic rings. The first kappa shape index (κ1) is 18.0. The second kappa shape index (κ2) is 7.62. The zero-order valence-electron chi connectivity index (χ0n) is 14.6. The van der Waals surface area contributed by atoms with Gasteiger partial charge in [0.15, 0.2) is 0 Å². The third-order valence-corrected chi connectivity index (χ3v) is 5.34. The average Bonchev–Trinajstić information content (AvgIpc) is 2.58. The molecule has 7 heteroatoms. The third kappa shape index (κ3) is 4.07. The van der Waals surface area contributed by atoms with Gasteiger partial charge in [-0.05, 0) is 37.8 Å². The molecule has 25 heavy (non-hydrogen) atoms. The first-order valence-corrected chi connectivity index (χ1v) is 9.04. The highest BCUT2D eigenvalue weighted by molar-refractivity contribution is 6.34. The summed E-state index contributed by atoms with van der Waals surface area (Å²) in [7, 11) is 1.50. The van der Waals surface area contributed by atoms with Crippen molar-refractivity contribution in [3.05, 3.63) is 22.7 Å². The van der Waals surface area contributed by atoms with Crippen molar-refractivity contribution in [2.75, 3.05) is 32.1 Å². The molecule has 0 aromatic heterocycles. The summed E-state index contributed by atoms with van der Waals surface area (Å²) in [4.78, 5) is 26.5. The molecule has 6 nitrogen and oxygen atoms in total. The predicted octanol–water partition coefficient (Wildman–Crippen LogP) is 2.52. The maximum Gasteiger partial charge on any atom is 0.255 e. The number of hydrogen-bond acceptors (Lipinski definition) is 4. The van der Waals surface area contributed by atoms with Crippen molar-refractivity contribution < 1.29 is 14.3 Å². The van der Waals surface area contributed by atoms with E-state index < -0.39 is 0 Å². The summed E-state index contributed by atoms with van der Waals surface area (Å²) in [5.41, 5.74) is 0.822. The van der Waals surface area contributed by atoms with Gasteiger partial charge in [-0.2, -0.15) is 0 Å². The molecule has 2 fully saturated rings. The van der Waals surface area contributed by atoms with E-state index in [0.717, 1.165) is 25.9 Å². The Morgan fingerprint density at radius 3 is 2.80 bits per heavy atom. The topological polar surface area (TPSA) is 70.7 Å². The highest BCUT2D eigenvalue weighted by Crippen LogP contribution is 2.32. The van der Waals surface area contributed by atoms with Crippen LogP contribution >= 0.6 is 11.6 Å². The molecule has 0 radical (unpaired) electrons. The van der Waals surface area contributed by atoms with Gasteiger partial charge in [-0.3, -0.25) is 9.59 Å². The molecule has 136 valence electrons. The number of nitrogens with one attached hydrogen (secondary N) is 2. The van der Waals surface area contributed by atoms with Crippen LogP contribution in [0.3, 0.4) is 0 Å². The summed E-state index contributed by atoms with van der Waals surface area (Å²) < 4.78 is 5.34. The second-order valence-electron chi connectivity index (χ2n) is 6.79. The van der Waals surface area contributed by atoms with Crippen LogP contribution in [0.5, 0.6) is 5.75 Å². The molecule has 0 aliphatic carbocycles. The summed E-state index contributed by atoms with van der Waals surface area (Å²) in [6, 6.07) is 3.32. The summed E-state index contributed by atoms with van der Waals surface area (Å²) >= 11 is 6.22. The predicted molar refractivity (Wildman–Crippen MR) is 97.3 cm³/mol. The maximum absolute atomic E-state index is 12.8. The second-order valence-corrected chi connectivity index (χ2v) is 7.19. The Morgan fingerprint density at radius 2 is 2.08 bits per heavy atom. The lowest BCUT2D eigenvalue weighted by molar-refractivity contribution is -0.114. The normalized spacial score (nSPS) is 25.2. The average molecular weight is 366 g/mol. The van der Waals surface area contributed by atoms with Crippen LogP contribution in [-0.2, 0) is 4.79 Å². The van der Waals surface area contributed by atoms with Crippen LogP contribution in [0.1, 0.15) is 36.5 Å². The SMILES string of the molecule is COc1cc(NC(C)=O)c(Cl)cc1C(=O)N[C@@H]1CCN2CCC[C@@H]1C2. The van der Waals surface area contributed by atoms with E-state index in [0.29, 0.717) is 27.9 Å². The molecule has 2 aliphatic rings. The number of benzene rings is 1. The quantitative estimate of drug-likeness (QED) is 0.860. The number of carbonyl (C=O) groups is 2. The van der Waals surface area contributed by atoms with Gasteiger partial charge in [0.05, 0.1) is 23.4 Å². The molecule has 3 atom stereocenters. The van der Waals surface area contributed by atoms with Gasteiger partial charge >= 0.3 is 0 Å². The van der Waals surface area contributed by atoms with E-state index >= 15 is 0 Å². The summed E-state index contributed by atoms with van der Waals surface area (Å²) in [6.07, 6.45) is 3.31. The molecule has 2 heterocycles. The zero-order valence-corrected chi connectivity index (χ0v) is 15.4. The lowest BCUT2D eigenvalue weighted by atomic mass is 9.85. The van der Waals surface area contributed by atoms with Crippen molar-refractivity contribution in [2.45, 2.75) is 32.2 Å². The lowest BCUT2D eigenvalue weighted by Gasteiger charge is -2.42. The molecule has 0 saturated carbocycles. The van der Waals surface area contributed by atoms with Crippen molar-refractivity contribution in [1.29, 1.82) is 0 Å². The van der Waals surface area contributed by atoms with Crippen molar-refractivity contribution in [3.8, 4) is 5.75 Å². The first-order chi connectivity index (χ1) is 12.0. The monoisotopic (exact) mass is 365 g/mol. The van der Waals surface area contributed by atoms with Crippen LogP contribution in [-0.4, -0.2) is 49.5 Å². The van der Waals surface area contributed by atoms with Gasteiger partial charge in [0.25, 0.3) is 5.91 Å². The van der Waals surface area contributed by atoms with E-state index in [2.05, 4.69) is 15.5 Å². The Kier molecular flexibility index (Phi) is 5.49. The van der Waals surface area contributed by atoms with Crippen LogP contribution < -0.4 is 15.4 Å². The molecular weight excluding hydrogens is 342 g/mol. The number of fused-ring (bicyclic) bond motifs is 2. The Bertz CT molecular complexity index is 680. The third-order valence-electron chi connectivity index (χ3n) is 5.03. The van der Waals surface area contributed by atoms with Gasteiger partial charge in [0.2, 0.25) is 5.91 Å². The maximum atomic E-state index is 12.8. The fraction of sp³-hybridized carbons (Fsp3) is 0.556. The van der Waals surface area contributed by atoms with E-state index in [1.165, 1.54) is 27.0 Å². The Balaban J connectivity index is 1.77. The van der Waals surface area contributed by atoms with Gasteiger partial charge in [-0.1, -0.05) is 11.6 Å². The fourth-order valence-corrected chi connectivity index (χ4v) is 4.01. The van der Waals surface area contributed by atoms with Crippen LogP contribution in [0.15, 0.2) is 12.1 Å². The van der Waals surface area contributed by atoms with Crippen LogP contribution in [0.2, 0.25) is 5.02 Å². The number of methoxy groups -OCH3 is 1. The minimum absolute atomic E-state index is 0.183. The van der Waals surface area contributed by atoms with Gasteiger partial charge in [0.1, 0.15) is 5.75 Å². The van der Waals surface area contributed by atoms with Crippen molar-refractivity contribution in [1.82, 2.24) is 10.2 Å². The number of anilines is 1. The van der Waals surface area contributed by atoms with Crippen molar-refractivity contribution in [2.24, 2.45) is 5.92 Å². The molecule has 2 saturated heterocycles. The number of hydrogen-bond donors (Lipinski definition) is 2. The molecule has 1 unspecified atom stereocenters. The number of ether oxygens (including phenoxy) is 1. The highest BCUT2D eigenvalue weighted by Gasteiger charge is 2.33. The van der Waals surface area contributed by atoms with Crippen molar-refractivity contribution >= 4 is 29.1 Å². The Morgan fingerprint density at radius 1 is 1.28 bits per heavy atom. The number of carbonyl (C=O) groups excluding carboxylic acids is 2. The minimum Gasteiger partial charge on any atom is -0.496 e.